The van der Waals surface area contributed by atoms with Crippen molar-refractivity contribution in [2.45, 2.75) is 38.1 Å². The lowest BCUT2D eigenvalue weighted by Crippen LogP contribution is -2.33. The minimum atomic E-state index is -0.111. The quantitative estimate of drug-likeness (QED) is 0.670. The van der Waals surface area contributed by atoms with Gasteiger partial charge in [0.15, 0.2) is 0 Å². The highest BCUT2D eigenvalue weighted by Gasteiger charge is 2.47. The topological polar surface area (TPSA) is 51.1 Å². The second kappa shape index (κ2) is 8.22. The number of rotatable bonds is 5. The maximum Gasteiger partial charge on any atom is 0.246 e. The van der Waals surface area contributed by atoms with E-state index in [1.807, 2.05) is 36.4 Å². The predicted octanol–water partition coefficient (Wildman–Crippen LogP) is 5.24. The zero-order valence-corrected chi connectivity index (χ0v) is 18.1. The monoisotopic (exact) mass is 416 g/mol. The molecule has 2 aromatic carbocycles. The van der Waals surface area contributed by atoms with E-state index in [4.69, 9.17) is 14.6 Å². The summed E-state index contributed by atoms with van der Waals surface area (Å²) in [7, 11) is 3.39. The molecule has 1 amide bonds. The van der Waals surface area contributed by atoms with Crippen LogP contribution in [0.25, 0.3) is 6.08 Å². The molecule has 1 heterocycles. The molecule has 160 valence electrons. The van der Waals surface area contributed by atoms with Gasteiger partial charge in [-0.1, -0.05) is 36.4 Å². The van der Waals surface area contributed by atoms with Crippen molar-refractivity contribution in [3.63, 3.8) is 0 Å². The number of benzene rings is 2. The van der Waals surface area contributed by atoms with Gasteiger partial charge in [0.2, 0.25) is 5.91 Å². The smallest absolute Gasteiger partial charge is 0.246 e. The molecule has 5 heteroatoms. The molecule has 5 rings (SSSR count). The van der Waals surface area contributed by atoms with Gasteiger partial charge in [-0.2, -0.15) is 5.10 Å². The highest BCUT2D eigenvalue weighted by Crippen LogP contribution is 2.48. The molecule has 1 aliphatic heterocycles. The Hall–Kier alpha value is -3.08. The first-order valence-corrected chi connectivity index (χ1v) is 11.1. The fourth-order valence-electron chi connectivity index (χ4n) is 4.89. The van der Waals surface area contributed by atoms with E-state index in [0.717, 1.165) is 60.4 Å². The number of hydrazone groups is 1. The largest absolute Gasteiger partial charge is 0.496 e. The van der Waals surface area contributed by atoms with Crippen LogP contribution in [0.2, 0.25) is 0 Å². The van der Waals surface area contributed by atoms with Gasteiger partial charge in [-0.3, -0.25) is 4.79 Å². The van der Waals surface area contributed by atoms with Gasteiger partial charge in [0, 0.05) is 23.0 Å². The van der Waals surface area contributed by atoms with Crippen LogP contribution in [0.4, 0.5) is 0 Å². The lowest BCUT2D eigenvalue weighted by molar-refractivity contribution is -0.135. The van der Waals surface area contributed by atoms with Crippen molar-refractivity contribution in [1.29, 1.82) is 0 Å². The number of hydrogen-bond acceptors (Lipinski definition) is 4. The van der Waals surface area contributed by atoms with Crippen LogP contribution in [0.1, 0.15) is 49.3 Å². The fourth-order valence-corrected chi connectivity index (χ4v) is 4.89. The molecule has 0 N–H and O–H groups in total. The number of methoxy groups -OCH3 is 2. The van der Waals surface area contributed by atoms with Gasteiger partial charge in [0.05, 0.1) is 26.0 Å². The summed E-state index contributed by atoms with van der Waals surface area (Å²) in [4.78, 5) is 13.2. The molecule has 3 aliphatic rings. The van der Waals surface area contributed by atoms with E-state index in [1.165, 1.54) is 5.57 Å². The van der Waals surface area contributed by atoms with Crippen molar-refractivity contribution in [1.82, 2.24) is 5.01 Å². The molecular formula is C26H28N2O3. The average Bonchev–Trinajstić information content (AvgIpc) is 3.59. The minimum absolute atomic E-state index is 0.111. The van der Waals surface area contributed by atoms with E-state index in [-0.39, 0.29) is 23.8 Å². The van der Waals surface area contributed by atoms with Crippen molar-refractivity contribution in [2.24, 2.45) is 16.9 Å². The highest BCUT2D eigenvalue weighted by molar-refractivity contribution is 6.08. The highest BCUT2D eigenvalue weighted by atomic mass is 16.5. The van der Waals surface area contributed by atoms with Crippen molar-refractivity contribution >= 4 is 17.7 Å². The summed E-state index contributed by atoms with van der Waals surface area (Å²) in [5.74, 6) is 2.10. The molecule has 2 fully saturated rings. The maximum atomic E-state index is 13.2. The molecule has 5 nitrogen and oxygen atoms in total. The first kappa shape index (κ1) is 19.9. The van der Waals surface area contributed by atoms with Crippen LogP contribution < -0.4 is 9.47 Å². The number of amides is 1. The number of para-hydroxylation sites is 2. The number of nitrogens with zero attached hydrogens (tertiary/aromatic N) is 2. The van der Waals surface area contributed by atoms with Crippen LogP contribution >= 0.6 is 0 Å². The number of carbonyl (C=O) groups excluding carboxylic acids is 1. The summed E-state index contributed by atoms with van der Waals surface area (Å²) >= 11 is 0. The van der Waals surface area contributed by atoms with Crippen LogP contribution in [-0.4, -0.2) is 30.8 Å². The Balaban J connectivity index is 1.58. The summed E-state index contributed by atoms with van der Waals surface area (Å²) in [5.41, 5.74) is 4.33. The number of ether oxygens (including phenoxy) is 2. The second-order valence-corrected chi connectivity index (χ2v) is 8.54. The van der Waals surface area contributed by atoms with Crippen LogP contribution in [0.15, 0.2) is 59.2 Å². The molecule has 2 saturated carbocycles. The third-order valence-corrected chi connectivity index (χ3v) is 6.58. The fraction of sp³-hybridized carbons (Fsp3) is 0.385. The summed E-state index contributed by atoms with van der Waals surface area (Å²) in [6, 6.07) is 16.0. The van der Waals surface area contributed by atoms with Crippen LogP contribution in [0, 0.1) is 11.8 Å². The number of carbonyl (C=O) groups is 1. The van der Waals surface area contributed by atoms with Crippen molar-refractivity contribution in [2.75, 3.05) is 14.2 Å². The molecule has 0 unspecified atom stereocenters. The maximum absolute atomic E-state index is 13.2. The third kappa shape index (κ3) is 3.62. The summed E-state index contributed by atoms with van der Waals surface area (Å²) in [5, 5.41) is 6.75. The zero-order chi connectivity index (χ0) is 21.4. The van der Waals surface area contributed by atoms with Crippen molar-refractivity contribution in [3.8, 4) is 11.5 Å². The number of allylic oxidation sites excluding steroid dienone is 1. The second-order valence-electron chi connectivity index (χ2n) is 8.54. The van der Waals surface area contributed by atoms with Gasteiger partial charge in [0.25, 0.3) is 0 Å². The molecule has 0 spiro atoms. The summed E-state index contributed by atoms with van der Waals surface area (Å²) in [6.45, 7) is 0. The van der Waals surface area contributed by atoms with E-state index in [9.17, 15) is 4.79 Å². The molecule has 31 heavy (non-hydrogen) atoms. The Bertz CT molecular complexity index is 1050. The van der Waals surface area contributed by atoms with Crippen LogP contribution in [0.5, 0.6) is 11.5 Å². The van der Waals surface area contributed by atoms with Gasteiger partial charge in [-0.05, 0) is 55.9 Å². The molecule has 2 aromatic rings. The SMILES string of the molecule is COc1ccccc1/C=C1\CCC[C@@H]2C1=NN(C(=O)C1CC1)[C@H]2c1ccccc1OC. The zero-order valence-electron chi connectivity index (χ0n) is 18.1. The molecular weight excluding hydrogens is 388 g/mol. The van der Waals surface area contributed by atoms with E-state index in [2.05, 4.69) is 18.2 Å². The molecule has 0 bridgehead atoms. The van der Waals surface area contributed by atoms with Gasteiger partial charge in [-0.15, -0.1) is 0 Å². The Morgan fingerprint density at radius 1 is 1.00 bits per heavy atom. The molecule has 2 aliphatic carbocycles. The van der Waals surface area contributed by atoms with Gasteiger partial charge >= 0.3 is 0 Å². The summed E-state index contributed by atoms with van der Waals surface area (Å²) < 4.78 is 11.2. The van der Waals surface area contributed by atoms with E-state index in [0.29, 0.717) is 0 Å². The van der Waals surface area contributed by atoms with Gasteiger partial charge in [-0.25, -0.2) is 5.01 Å². The van der Waals surface area contributed by atoms with E-state index >= 15 is 0 Å². The number of fused-ring (bicyclic) bond motifs is 1. The van der Waals surface area contributed by atoms with Crippen molar-refractivity contribution < 1.29 is 14.3 Å². The van der Waals surface area contributed by atoms with E-state index in [1.54, 1.807) is 19.2 Å². The minimum Gasteiger partial charge on any atom is -0.496 e. The average molecular weight is 417 g/mol. The van der Waals surface area contributed by atoms with Gasteiger partial charge < -0.3 is 9.47 Å². The van der Waals surface area contributed by atoms with Crippen molar-refractivity contribution in [3.05, 3.63) is 65.2 Å². The lowest BCUT2D eigenvalue weighted by Gasteiger charge is -2.30. The third-order valence-electron chi connectivity index (χ3n) is 6.58. The van der Waals surface area contributed by atoms with Crippen LogP contribution in [0.3, 0.4) is 0 Å². The lowest BCUT2D eigenvalue weighted by atomic mass is 9.77. The predicted molar refractivity (Wildman–Crippen MR) is 121 cm³/mol. The van der Waals surface area contributed by atoms with E-state index < -0.39 is 0 Å². The standard InChI is InChI=1S/C26H28N2O3/c1-30-22-12-5-3-8-18(22)16-19-9-7-11-21-24(19)27-28(26(29)17-14-15-17)25(21)20-10-4-6-13-23(20)31-2/h3-6,8,10,12-13,16-17,21,25H,7,9,11,14-15H2,1-2H3/b19-16+/t21-,25+/m1/s1. The van der Waals surface area contributed by atoms with Crippen LogP contribution in [-0.2, 0) is 4.79 Å². The first-order valence-electron chi connectivity index (χ1n) is 11.1. The Morgan fingerprint density at radius 2 is 1.71 bits per heavy atom. The molecule has 2 atom stereocenters. The Morgan fingerprint density at radius 3 is 2.45 bits per heavy atom. The molecule has 0 radical (unpaired) electrons. The van der Waals surface area contributed by atoms with Gasteiger partial charge in [0.1, 0.15) is 11.5 Å². The first-order chi connectivity index (χ1) is 15.2. The number of hydrogen-bond donors (Lipinski definition) is 0. The molecule has 0 aromatic heterocycles. The molecule has 0 saturated heterocycles. The normalized spacial score (nSPS) is 24.0. The Labute approximate surface area is 183 Å². The summed E-state index contributed by atoms with van der Waals surface area (Å²) in [6.07, 6.45) is 7.16. The Kier molecular flexibility index (Phi) is 5.26.